The zero-order chi connectivity index (χ0) is 22.3. The Morgan fingerprint density at radius 1 is 1.06 bits per heavy atom. The van der Waals surface area contributed by atoms with Gasteiger partial charge in [0.15, 0.2) is 5.43 Å². The lowest BCUT2D eigenvalue weighted by atomic mass is 9.97. The first-order chi connectivity index (χ1) is 14.8. The third-order valence-electron chi connectivity index (χ3n) is 6.30. The van der Waals surface area contributed by atoms with Crippen LogP contribution in [0.1, 0.15) is 52.7 Å². The highest BCUT2D eigenvalue weighted by Crippen LogP contribution is 2.38. The van der Waals surface area contributed by atoms with Crippen molar-refractivity contribution in [1.29, 1.82) is 0 Å². The molecule has 1 atom stereocenters. The number of likely N-dealkylation sites (N-methyl/N-ethyl adjacent to an activating group) is 1. The molecule has 0 spiro atoms. The summed E-state index contributed by atoms with van der Waals surface area (Å²) in [5.74, 6) is -0.665. The lowest BCUT2D eigenvalue weighted by molar-refractivity contribution is 0.0708. The van der Waals surface area contributed by atoms with E-state index in [-0.39, 0.29) is 17.1 Å². The van der Waals surface area contributed by atoms with Crippen LogP contribution in [0.25, 0.3) is 11.0 Å². The van der Waals surface area contributed by atoms with Gasteiger partial charge in [0.25, 0.3) is 5.91 Å². The number of benzene rings is 2. The van der Waals surface area contributed by atoms with Gasteiger partial charge in [0, 0.05) is 13.1 Å². The fraction of sp³-hybridized carbons (Fsp3) is 0.360. The van der Waals surface area contributed by atoms with Crippen molar-refractivity contribution in [2.24, 2.45) is 0 Å². The van der Waals surface area contributed by atoms with Gasteiger partial charge in [-0.2, -0.15) is 0 Å². The van der Waals surface area contributed by atoms with Crippen LogP contribution in [0, 0.1) is 19.7 Å². The van der Waals surface area contributed by atoms with Crippen LogP contribution in [-0.4, -0.2) is 41.9 Å². The maximum atomic E-state index is 14.1. The van der Waals surface area contributed by atoms with E-state index in [1.165, 1.54) is 12.1 Å². The Kier molecular flexibility index (Phi) is 5.67. The molecule has 6 heteroatoms. The van der Waals surface area contributed by atoms with Crippen LogP contribution in [0.15, 0.2) is 45.6 Å². The predicted octanol–water partition coefficient (Wildman–Crippen LogP) is 4.44. The van der Waals surface area contributed by atoms with Crippen LogP contribution < -0.4 is 5.43 Å². The lowest BCUT2D eigenvalue weighted by Crippen LogP contribution is -2.37. The number of halogens is 1. The van der Waals surface area contributed by atoms with Gasteiger partial charge in [-0.3, -0.25) is 9.59 Å². The number of nitrogens with zero attached hydrogens (tertiary/aromatic N) is 2. The number of carbonyl (C=O) groups excluding carboxylic acids is 1. The van der Waals surface area contributed by atoms with Crippen molar-refractivity contribution in [2.45, 2.75) is 33.7 Å². The third-order valence-corrected chi connectivity index (χ3v) is 6.30. The lowest BCUT2D eigenvalue weighted by Gasteiger charge is -2.28. The zero-order valence-electron chi connectivity index (χ0n) is 18.4. The SMILES string of the molecule is CCN(CC)CCN1C(=O)c2oc3cc(C)c(C)cc3c(=O)c2[C@H]1c1cccc(F)c1. The molecule has 0 aliphatic carbocycles. The molecule has 1 aliphatic heterocycles. The molecule has 4 rings (SSSR count). The van der Waals surface area contributed by atoms with Crippen molar-refractivity contribution in [3.63, 3.8) is 0 Å². The Bertz CT molecular complexity index is 1210. The molecule has 162 valence electrons. The number of fused-ring (bicyclic) bond motifs is 2. The molecule has 1 aromatic heterocycles. The van der Waals surface area contributed by atoms with E-state index in [0.29, 0.717) is 35.2 Å². The van der Waals surface area contributed by atoms with Gasteiger partial charge in [0.2, 0.25) is 5.76 Å². The van der Waals surface area contributed by atoms with E-state index in [2.05, 4.69) is 18.7 Å². The molecule has 0 radical (unpaired) electrons. The van der Waals surface area contributed by atoms with Crippen LogP contribution in [0.4, 0.5) is 4.39 Å². The second-order valence-corrected chi connectivity index (χ2v) is 8.09. The number of aryl methyl sites for hydroxylation is 2. The van der Waals surface area contributed by atoms with Crippen LogP contribution in [0.5, 0.6) is 0 Å². The third kappa shape index (κ3) is 3.65. The van der Waals surface area contributed by atoms with Crippen LogP contribution in [0.2, 0.25) is 0 Å². The summed E-state index contributed by atoms with van der Waals surface area (Å²) in [4.78, 5) is 30.8. The second-order valence-electron chi connectivity index (χ2n) is 8.09. The fourth-order valence-corrected chi connectivity index (χ4v) is 4.32. The Balaban J connectivity index is 1.90. The Hall–Kier alpha value is -2.99. The van der Waals surface area contributed by atoms with Gasteiger partial charge in [-0.05, 0) is 67.9 Å². The minimum absolute atomic E-state index is 0.0644. The molecule has 5 nitrogen and oxygen atoms in total. The Morgan fingerprint density at radius 2 is 1.77 bits per heavy atom. The molecular formula is C25H27FN2O3. The molecule has 1 amide bonds. The largest absolute Gasteiger partial charge is 0.450 e. The first kappa shape index (κ1) is 21.2. The van der Waals surface area contributed by atoms with E-state index in [4.69, 9.17) is 4.42 Å². The summed E-state index contributed by atoms with van der Waals surface area (Å²) >= 11 is 0. The fourth-order valence-electron chi connectivity index (χ4n) is 4.32. The summed E-state index contributed by atoms with van der Waals surface area (Å²) in [6, 6.07) is 9.04. The summed E-state index contributed by atoms with van der Waals surface area (Å²) in [6.45, 7) is 10.8. The number of hydrogen-bond acceptors (Lipinski definition) is 4. The standard InChI is InChI=1S/C25H27FN2O3/c1-5-27(6-2)10-11-28-22(17-8-7-9-18(26)14-17)21-23(29)19-12-15(3)16(4)13-20(19)31-24(21)25(28)30/h7-9,12-14,22H,5-6,10-11H2,1-4H3/t22-/m1/s1. The summed E-state index contributed by atoms with van der Waals surface area (Å²) in [7, 11) is 0. The average Bonchev–Trinajstić information content (AvgIpc) is 3.03. The molecular weight excluding hydrogens is 395 g/mol. The monoisotopic (exact) mass is 422 g/mol. The van der Waals surface area contributed by atoms with E-state index in [0.717, 1.165) is 24.2 Å². The highest BCUT2D eigenvalue weighted by atomic mass is 19.1. The highest BCUT2D eigenvalue weighted by molar-refractivity contribution is 5.99. The van der Waals surface area contributed by atoms with Crippen molar-refractivity contribution in [1.82, 2.24) is 9.80 Å². The van der Waals surface area contributed by atoms with Crippen molar-refractivity contribution < 1.29 is 13.6 Å². The topological polar surface area (TPSA) is 53.8 Å². The van der Waals surface area contributed by atoms with Crippen LogP contribution in [0.3, 0.4) is 0 Å². The Morgan fingerprint density at radius 3 is 2.45 bits per heavy atom. The first-order valence-corrected chi connectivity index (χ1v) is 10.7. The molecule has 0 saturated carbocycles. The molecule has 2 heterocycles. The molecule has 2 aromatic carbocycles. The van der Waals surface area contributed by atoms with E-state index in [1.807, 2.05) is 19.9 Å². The first-order valence-electron chi connectivity index (χ1n) is 10.7. The summed E-state index contributed by atoms with van der Waals surface area (Å²) in [5.41, 5.74) is 3.01. The maximum Gasteiger partial charge on any atom is 0.290 e. The van der Waals surface area contributed by atoms with Gasteiger partial charge in [-0.25, -0.2) is 4.39 Å². The van der Waals surface area contributed by atoms with E-state index in [9.17, 15) is 14.0 Å². The molecule has 3 aromatic rings. The Labute approximate surface area is 181 Å². The average molecular weight is 423 g/mol. The molecule has 0 N–H and O–H groups in total. The summed E-state index contributed by atoms with van der Waals surface area (Å²) < 4.78 is 20.1. The number of carbonyl (C=O) groups is 1. The molecule has 0 bridgehead atoms. The number of hydrogen-bond donors (Lipinski definition) is 0. The quantitative estimate of drug-likeness (QED) is 0.590. The van der Waals surface area contributed by atoms with Gasteiger partial charge >= 0.3 is 0 Å². The van der Waals surface area contributed by atoms with Gasteiger partial charge in [0.1, 0.15) is 11.4 Å². The highest BCUT2D eigenvalue weighted by Gasteiger charge is 2.42. The van der Waals surface area contributed by atoms with Crippen molar-refractivity contribution in [3.8, 4) is 0 Å². The van der Waals surface area contributed by atoms with Crippen LogP contribution in [-0.2, 0) is 0 Å². The van der Waals surface area contributed by atoms with Gasteiger partial charge in [0.05, 0.1) is 17.0 Å². The normalized spacial score (nSPS) is 15.9. The van der Waals surface area contributed by atoms with E-state index in [1.54, 1.807) is 23.1 Å². The van der Waals surface area contributed by atoms with E-state index < -0.39 is 11.9 Å². The van der Waals surface area contributed by atoms with Crippen molar-refractivity contribution >= 4 is 16.9 Å². The molecule has 0 unspecified atom stereocenters. The molecule has 1 aliphatic rings. The molecule has 0 fully saturated rings. The maximum absolute atomic E-state index is 14.1. The minimum atomic E-state index is -0.670. The second kappa shape index (κ2) is 8.27. The van der Waals surface area contributed by atoms with Gasteiger partial charge in [-0.15, -0.1) is 0 Å². The number of rotatable bonds is 6. The number of amides is 1. The minimum Gasteiger partial charge on any atom is -0.450 e. The van der Waals surface area contributed by atoms with Crippen LogP contribution >= 0.6 is 0 Å². The predicted molar refractivity (Wildman–Crippen MR) is 119 cm³/mol. The molecule has 0 saturated heterocycles. The van der Waals surface area contributed by atoms with E-state index >= 15 is 0 Å². The smallest absolute Gasteiger partial charge is 0.290 e. The summed E-state index contributed by atoms with van der Waals surface area (Å²) in [6.07, 6.45) is 0. The summed E-state index contributed by atoms with van der Waals surface area (Å²) in [5, 5.41) is 0.446. The van der Waals surface area contributed by atoms with Crippen molar-refractivity contribution in [2.75, 3.05) is 26.2 Å². The molecule has 31 heavy (non-hydrogen) atoms. The van der Waals surface area contributed by atoms with Crippen molar-refractivity contribution in [3.05, 3.63) is 80.5 Å². The van der Waals surface area contributed by atoms with Gasteiger partial charge in [-0.1, -0.05) is 26.0 Å². The van der Waals surface area contributed by atoms with Gasteiger partial charge < -0.3 is 14.2 Å². The zero-order valence-corrected chi connectivity index (χ0v) is 18.4.